The van der Waals surface area contributed by atoms with Crippen molar-refractivity contribution in [3.8, 4) is 5.75 Å². The van der Waals surface area contributed by atoms with Crippen LogP contribution in [-0.4, -0.2) is 12.8 Å². The molecule has 0 unspecified atom stereocenters. The molecule has 0 amide bonds. The first-order chi connectivity index (χ1) is 7.40. The fourth-order valence-electron chi connectivity index (χ4n) is 1.26. The average molecular weight is 233 g/mol. The zero-order valence-electron chi connectivity index (χ0n) is 8.92. The number of halogens is 3. The molecule has 0 radical (unpaired) electrons. The maximum absolute atomic E-state index is 11.9. The maximum atomic E-state index is 11.9. The van der Waals surface area contributed by atoms with Crippen molar-refractivity contribution in [3.63, 3.8) is 0 Å². The largest absolute Gasteiger partial charge is 0.493 e. The molecule has 1 rings (SSSR count). The van der Waals surface area contributed by atoms with Crippen molar-refractivity contribution in [2.75, 3.05) is 6.61 Å². The van der Waals surface area contributed by atoms with E-state index < -0.39 is 12.6 Å². The molecule has 0 spiro atoms. The van der Waals surface area contributed by atoms with Crippen molar-refractivity contribution in [2.45, 2.75) is 25.6 Å². The fourth-order valence-corrected chi connectivity index (χ4v) is 1.26. The lowest BCUT2D eigenvalue weighted by Crippen LogP contribution is -2.14. The highest BCUT2D eigenvalue weighted by molar-refractivity contribution is 5.35. The van der Waals surface area contributed by atoms with Gasteiger partial charge in [-0.2, -0.15) is 13.2 Å². The van der Waals surface area contributed by atoms with Crippen LogP contribution in [0.1, 0.15) is 24.9 Å². The molecule has 0 aliphatic heterocycles. The van der Waals surface area contributed by atoms with Gasteiger partial charge >= 0.3 is 6.18 Å². The summed E-state index contributed by atoms with van der Waals surface area (Å²) in [5.41, 5.74) is 6.38. The van der Waals surface area contributed by atoms with Crippen molar-refractivity contribution < 1.29 is 17.9 Å². The van der Waals surface area contributed by atoms with Crippen LogP contribution in [0.2, 0.25) is 0 Å². The van der Waals surface area contributed by atoms with Gasteiger partial charge < -0.3 is 10.5 Å². The Morgan fingerprint density at radius 1 is 1.31 bits per heavy atom. The molecule has 0 aliphatic carbocycles. The SMILES string of the molecule is C[C@@H](N)c1ccccc1OCCC(F)(F)F. The standard InChI is InChI=1S/C11H14F3NO/c1-8(15)9-4-2-3-5-10(9)16-7-6-11(12,13)14/h2-5,8H,6-7,15H2,1H3/t8-/m1/s1. The average Bonchev–Trinajstić information content (AvgIpc) is 2.16. The molecular weight excluding hydrogens is 219 g/mol. The molecule has 16 heavy (non-hydrogen) atoms. The van der Waals surface area contributed by atoms with Gasteiger partial charge in [0.15, 0.2) is 0 Å². The molecule has 0 bridgehead atoms. The predicted molar refractivity (Wildman–Crippen MR) is 55.2 cm³/mol. The molecule has 90 valence electrons. The van der Waals surface area contributed by atoms with Gasteiger partial charge in [0.05, 0.1) is 13.0 Å². The van der Waals surface area contributed by atoms with Gasteiger partial charge in [-0.3, -0.25) is 0 Å². The van der Waals surface area contributed by atoms with Crippen LogP contribution in [0.3, 0.4) is 0 Å². The van der Waals surface area contributed by atoms with Gasteiger partial charge in [-0.05, 0) is 13.0 Å². The van der Waals surface area contributed by atoms with Crippen LogP contribution in [0.25, 0.3) is 0 Å². The minimum Gasteiger partial charge on any atom is -0.493 e. The smallest absolute Gasteiger partial charge is 0.392 e. The van der Waals surface area contributed by atoms with E-state index in [1.807, 2.05) is 0 Å². The number of rotatable bonds is 4. The van der Waals surface area contributed by atoms with E-state index >= 15 is 0 Å². The van der Waals surface area contributed by atoms with Crippen LogP contribution >= 0.6 is 0 Å². The molecule has 5 heteroatoms. The highest BCUT2D eigenvalue weighted by Crippen LogP contribution is 2.25. The molecule has 0 saturated carbocycles. The summed E-state index contributed by atoms with van der Waals surface area (Å²) in [6.07, 6.45) is -5.15. The van der Waals surface area contributed by atoms with E-state index in [-0.39, 0.29) is 12.6 Å². The predicted octanol–water partition coefficient (Wildman–Crippen LogP) is 3.04. The van der Waals surface area contributed by atoms with E-state index in [1.165, 1.54) is 0 Å². The van der Waals surface area contributed by atoms with Crippen LogP contribution in [0.4, 0.5) is 13.2 Å². The second-order valence-corrected chi connectivity index (χ2v) is 3.54. The van der Waals surface area contributed by atoms with Gasteiger partial charge in [0.1, 0.15) is 5.75 Å². The van der Waals surface area contributed by atoms with Crippen molar-refractivity contribution in [3.05, 3.63) is 29.8 Å². The maximum Gasteiger partial charge on any atom is 0.392 e. The Labute approximate surface area is 92.2 Å². The van der Waals surface area contributed by atoms with Gasteiger partial charge in [-0.15, -0.1) is 0 Å². The normalized spacial score (nSPS) is 13.6. The molecule has 0 saturated heterocycles. The molecule has 0 heterocycles. The molecule has 1 atom stereocenters. The molecule has 1 aromatic carbocycles. The highest BCUT2D eigenvalue weighted by atomic mass is 19.4. The quantitative estimate of drug-likeness (QED) is 0.867. The number of para-hydroxylation sites is 1. The van der Waals surface area contributed by atoms with Crippen molar-refractivity contribution >= 4 is 0 Å². The number of ether oxygens (including phenoxy) is 1. The summed E-state index contributed by atoms with van der Waals surface area (Å²) in [5.74, 6) is 0.418. The van der Waals surface area contributed by atoms with Crippen LogP contribution < -0.4 is 10.5 Å². The Hall–Kier alpha value is -1.23. The highest BCUT2D eigenvalue weighted by Gasteiger charge is 2.27. The summed E-state index contributed by atoms with van der Waals surface area (Å²) in [5, 5.41) is 0. The Kier molecular flexibility index (Phi) is 4.18. The lowest BCUT2D eigenvalue weighted by atomic mass is 10.1. The first kappa shape index (κ1) is 12.8. The van der Waals surface area contributed by atoms with Crippen molar-refractivity contribution in [1.82, 2.24) is 0 Å². The molecule has 2 N–H and O–H groups in total. The van der Waals surface area contributed by atoms with Crippen LogP contribution in [0, 0.1) is 0 Å². The molecule has 2 nitrogen and oxygen atoms in total. The van der Waals surface area contributed by atoms with Crippen LogP contribution in [0.15, 0.2) is 24.3 Å². The molecule has 0 aromatic heterocycles. The van der Waals surface area contributed by atoms with Crippen molar-refractivity contribution in [2.24, 2.45) is 5.73 Å². The van der Waals surface area contributed by atoms with E-state index in [9.17, 15) is 13.2 Å². The molecule has 0 fully saturated rings. The van der Waals surface area contributed by atoms with Gasteiger partial charge in [0.25, 0.3) is 0 Å². The first-order valence-corrected chi connectivity index (χ1v) is 4.94. The first-order valence-electron chi connectivity index (χ1n) is 4.94. The van der Waals surface area contributed by atoms with E-state index in [4.69, 9.17) is 10.5 Å². The summed E-state index contributed by atoms with van der Waals surface area (Å²) in [4.78, 5) is 0. The van der Waals surface area contributed by atoms with Gasteiger partial charge in [0, 0.05) is 11.6 Å². The van der Waals surface area contributed by atoms with Crippen LogP contribution in [-0.2, 0) is 0 Å². The third-order valence-corrected chi connectivity index (χ3v) is 2.05. The second-order valence-electron chi connectivity index (χ2n) is 3.54. The fraction of sp³-hybridized carbons (Fsp3) is 0.455. The summed E-state index contributed by atoms with van der Waals surface area (Å²) < 4.78 is 40.8. The van der Waals surface area contributed by atoms with Gasteiger partial charge in [0.2, 0.25) is 0 Å². The van der Waals surface area contributed by atoms with Crippen molar-refractivity contribution in [1.29, 1.82) is 0 Å². The van der Waals surface area contributed by atoms with Gasteiger partial charge in [-0.1, -0.05) is 18.2 Å². The third kappa shape index (κ3) is 4.10. The Bertz CT molecular complexity index is 336. The number of alkyl halides is 3. The minimum atomic E-state index is -4.19. The molecule has 1 aromatic rings. The van der Waals surface area contributed by atoms with E-state index in [1.54, 1.807) is 31.2 Å². The van der Waals surface area contributed by atoms with Gasteiger partial charge in [-0.25, -0.2) is 0 Å². The van der Waals surface area contributed by atoms with Crippen LogP contribution in [0.5, 0.6) is 5.75 Å². The summed E-state index contributed by atoms with van der Waals surface area (Å²) in [7, 11) is 0. The zero-order valence-corrected chi connectivity index (χ0v) is 8.92. The summed E-state index contributed by atoms with van der Waals surface area (Å²) in [6.45, 7) is 1.37. The summed E-state index contributed by atoms with van der Waals surface area (Å²) >= 11 is 0. The van der Waals surface area contributed by atoms with E-state index in [0.29, 0.717) is 11.3 Å². The number of benzene rings is 1. The molecular formula is C11H14F3NO. The third-order valence-electron chi connectivity index (χ3n) is 2.05. The van der Waals surface area contributed by atoms with E-state index in [2.05, 4.69) is 0 Å². The monoisotopic (exact) mass is 233 g/mol. The Morgan fingerprint density at radius 2 is 1.94 bits per heavy atom. The Morgan fingerprint density at radius 3 is 2.50 bits per heavy atom. The number of nitrogens with two attached hydrogens (primary N) is 1. The zero-order chi connectivity index (χ0) is 12.2. The number of hydrogen-bond donors (Lipinski definition) is 1. The molecule has 0 aliphatic rings. The second kappa shape index (κ2) is 5.21. The summed E-state index contributed by atoms with van der Waals surface area (Å²) in [6, 6.07) is 6.58. The topological polar surface area (TPSA) is 35.2 Å². The lowest BCUT2D eigenvalue weighted by molar-refractivity contribution is -0.139. The number of hydrogen-bond acceptors (Lipinski definition) is 2. The minimum absolute atomic E-state index is 0.262. The van der Waals surface area contributed by atoms with E-state index in [0.717, 1.165) is 0 Å². The Balaban J connectivity index is 2.60. The lowest BCUT2D eigenvalue weighted by Gasteiger charge is -2.14.